The molecule has 28 heavy (non-hydrogen) atoms. The Bertz CT molecular complexity index is 1290. The summed E-state index contributed by atoms with van der Waals surface area (Å²) in [5.74, 6) is 0.693. The summed E-state index contributed by atoms with van der Waals surface area (Å²) in [6, 6.07) is 15.6. The van der Waals surface area contributed by atoms with Crippen molar-refractivity contribution in [3.63, 3.8) is 0 Å². The van der Waals surface area contributed by atoms with Gasteiger partial charge in [-0.05, 0) is 48.5 Å². The van der Waals surface area contributed by atoms with Crippen LogP contribution in [-0.4, -0.2) is 14.1 Å². The Morgan fingerprint density at radius 2 is 1.89 bits per heavy atom. The fraction of sp³-hybridized carbons (Fsp3) is 0.150. The third kappa shape index (κ3) is 3.55. The molecule has 0 amide bonds. The Hall–Kier alpha value is -1.93. The summed E-state index contributed by atoms with van der Waals surface area (Å²) >= 11 is 14.3. The van der Waals surface area contributed by atoms with Crippen molar-refractivity contribution in [1.29, 1.82) is 0 Å². The highest BCUT2D eigenvalue weighted by molar-refractivity contribution is 7.98. The van der Waals surface area contributed by atoms with Crippen LogP contribution in [0.3, 0.4) is 0 Å². The SMILES string of the molecule is Cc1ccccc1-n1c(=S)sc2c(=O)n(C)c(SCc3ccc(Cl)cc3)nc21. The summed E-state index contributed by atoms with van der Waals surface area (Å²) in [7, 11) is 1.75. The van der Waals surface area contributed by atoms with Crippen LogP contribution in [0.15, 0.2) is 58.5 Å². The van der Waals surface area contributed by atoms with Gasteiger partial charge in [0.2, 0.25) is 0 Å². The minimum Gasteiger partial charge on any atom is -0.289 e. The molecule has 0 saturated carbocycles. The monoisotopic (exact) mass is 445 g/mol. The fourth-order valence-electron chi connectivity index (χ4n) is 2.90. The van der Waals surface area contributed by atoms with Gasteiger partial charge in [-0.1, -0.05) is 65.0 Å². The third-order valence-corrected chi connectivity index (χ3v) is 7.12. The molecule has 0 saturated heterocycles. The fourth-order valence-corrected chi connectivity index (χ4v) is 5.28. The lowest BCUT2D eigenvalue weighted by molar-refractivity contribution is 0.722. The van der Waals surface area contributed by atoms with Crippen molar-refractivity contribution in [2.24, 2.45) is 7.05 Å². The predicted molar refractivity (Wildman–Crippen MR) is 121 cm³/mol. The number of benzene rings is 2. The summed E-state index contributed by atoms with van der Waals surface area (Å²) in [6.07, 6.45) is 0. The summed E-state index contributed by atoms with van der Waals surface area (Å²) in [6.45, 7) is 2.03. The van der Waals surface area contributed by atoms with Gasteiger partial charge in [0.25, 0.3) is 5.56 Å². The van der Waals surface area contributed by atoms with Gasteiger partial charge in [0.15, 0.2) is 14.8 Å². The number of rotatable bonds is 4. The smallest absolute Gasteiger partial charge is 0.273 e. The van der Waals surface area contributed by atoms with Crippen LogP contribution >= 0.6 is 46.9 Å². The van der Waals surface area contributed by atoms with E-state index < -0.39 is 0 Å². The number of nitrogens with zero attached hydrogens (tertiary/aromatic N) is 3. The molecule has 0 spiro atoms. The Morgan fingerprint density at radius 3 is 2.61 bits per heavy atom. The first-order valence-corrected chi connectivity index (χ1v) is 11.1. The van der Waals surface area contributed by atoms with Gasteiger partial charge in [-0.2, -0.15) is 0 Å². The molecule has 0 aliphatic heterocycles. The zero-order valence-corrected chi connectivity index (χ0v) is 18.4. The minimum atomic E-state index is -0.0768. The van der Waals surface area contributed by atoms with Crippen molar-refractivity contribution < 1.29 is 0 Å². The molecule has 0 N–H and O–H groups in total. The van der Waals surface area contributed by atoms with Crippen LogP contribution < -0.4 is 5.56 Å². The molecule has 2 aromatic carbocycles. The molecule has 142 valence electrons. The van der Waals surface area contributed by atoms with E-state index in [2.05, 4.69) is 0 Å². The molecular formula is C20H16ClN3OS3. The van der Waals surface area contributed by atoms with E-state index in [9.17, 15) is 4.79 Å². The number of hydrogen-bond acceptors (Lipinski definition) is 5. The largest absolute Gasteiger partial charge is 0.289 e. The van der Waals surface area contributed by atoms with Gasteiger partial charge in [0.1, 0.15) is 4.70 Å². The van der Waals surface area contributed by atoms with Crippen LogP contribution in [0.25, 0.3) is 16.0 Å². The van der Waals surface area contributed by atoms with Crippen molar-refractivity contribution >= 4 is 57.3 Å². The maximum absolute atomic E-state index is 12.9. The summed E-state index contributed by atoms with van der Waals surface area (Å²) in [4.78, 5) is 17.7. The lowest BCUT2D eigenvalue weighted by Gasteiger charge is -2.10. The number of aryl methyl sites for hydroxylation is 1. The highest BCUT2D eigenvalue weighted by atomic mass is 35.5. The van der Waals surface area contributed by atoms with Gasteiger partial charge >= 0.3 is 0 Å². The average molecular weight is 446 g/mol. The molecule has 0 radical (unpaired) electrons. The summed E-state index contributed by atoms with van der Waals surface area (Å²) in [5.41, 5.74) is 3.69. The number of thioether (sulfide) groups is 1. The summed E-state index contributed by atoms with van der Waals surface area (Å²) in [5, 5.41) is 1.36. The van der Waals surface area contributed by atoms with Gasteiger partial charge in [-0.3, -0.25) is 13.9 Å². The molecule has 4 nitrogen and oxygen atoms in total. The number of para-hydroxylation sites is 1. The Labute approximate surface area is 180 Å². The standard InChI is InChI=1S/C20H16ClN3OS3/c1-12-5-3-4-6-15(12)24-17-16(28-20(24)26)18(25)23(2)19(22-17)27-11-13-7-9-14(21)10-8-13/h3-10H,11H2,1-2H3. The second kappa shape index (κ2) is 7.83. The number of halogens is 1. The lowest BCUT2D eigenvalue weighted by Crippen LogP contribution is -2.19. The van der Waals surface area contributed by atoms with Gasteiger partial charge in [0, 0.05) is 17.8 Å². The average Bonchev–Trinajstić information content (AvgIpc) is 3.01. The van der Waals surface area contributed by atoms with Crippen molar-refractivity contribution in [2.45, 2.75) is 17.8 Å². The van der Waals surface area contributed by atoms with E-state index in [0.717, 1.165) is 16.8 Å². The van der Waals surface area contributed by atoms with Crippen molar-refractivity contribution in [1.82, 2.24) is 14.1 Å². The second-order valence-electron chi connectivity index (χ2n) is 6.32. The molecule has 0 aliphatic carbocycles. The van der Waals surface area contributed by atoms with Crippen LogP contribution in [0.1, 0.15) is 11.1 Å². The first kappa shape index (κ1) is 19.4. The van der Waals surface area contributed by atoms with E-state index in [1.54, 1.807) is 11.6 Å². The Balaban J connectivity index is 1.82. The van der Waals surface area contributed by atoms with Crippen molar-refractivity contribution in [3.05, 3.63) is 79.0 Å². The first-order chi connectivity index (χ1) is 13.5. The maximum atomic E-state index is 12.9. The van der Waals surface area contributed by atoms with Crippen molar-refractivity contribution in [3.8, 4) is 5.69 Å². The molecule has 2 heterocycles. The third-order valence-electron chi connectivity index (χ3n) is 4.41. The minimum absolute atomic E-state index is 0.0768. The molecule has 0 fully saturated rings. The van der Waals surface area contributed by atoms with Crippen LogP contribution in [-0.2, 0) is 12.8 Å². The number of thiazole rings is 1. The topological polar surface area (TPSA) is 39.8 Å². The summed E-state index contributed by atoms with van der Waals surface area (Å²) < 4.78 is 4.69. The Kier molecular flexibility index (Phi) is 5.42. The molecular weight excluding hydrogens is 430 g/mol. The predicted octanol–water partition coefficient (Wildman–Crippen LogP) is 5.77. The van der Waals surface area contributed by atoms with E-state index in [1.807, 2.05) is 60.0 Å². The molecule has 0 unspecified atom stereocenters. The van der Waals surface area contributed by atoms with Crippen LogP contribution in [0.5, 0.6) is 0 Å². The highest BCUT2D eigenvalue weighted by Gasteiger charge is 2.17. The zero-order chi connectivity index (χ0) is 19.8. The van der Waals surface area contributed by atoms with E-state index in [-0.39, 0.29) is 5.56 Å². The molecule has 0 atom stereocenters. The quantitative estimate of drug-likeness (QED) is 0.227. The zero-order valence-electron chi connectivity index (χ0n) is 15.2. The number of hydrogen-bond donors (Lipinski definition) is 0. The maximum Gasteiger partial charge on any atom is 0.273 e. The van der Waals surface area contributed by atoms with Gasteiger partial charge in [-0.15, -0.1) is 0 Å². The molecule has 4 aromatic rings. The normalized spacial score (nSPS) is 11.2. The highest BCUT2D eigenvalue weighted by Crippen LogP contribution is 2.28. The van der Waals surface area contributed by atoms with E-state index in [4.69, 9.17) is 28.8 Å². The van der Waals surface area contributed by atoms with Crippen LogP contribution in [0.2, 0.25) is 5.02 Å². The van der Waals surface area contributed by atoms with Gasteiger partial charge < -0.3 is 0 Å². The lowest BCUT2D eigenvalue weighted by atomic mass is 10.2. The van der Waals surface area contributed by atoms with Gasteiger partial charge in [-0.25, -0.2) is 4.98 Å². The molecule has 0 aliphatic rings. The second-order valence-corrected chi connectivity index (χ2v) is 9.34. The number of aromatic nitrogens is 3. The Morgan fingerprint density at radius 1 is 1.18 bits per heavy atom. The van der Waals surface area contributed by atoms with Crippen LogP contribution in [0.4, 0.5) is 0 Å². The molecule has 8 heteroatoms. The van der Waals surface area contributed by atoms with E-state index >= 15 is 0 Å². The van der Waals surface area contributed by atoms with E-state index in [0.29, 0.717) is 30.2 Å². The number of fused-ring (bicyclic) bond motifs is 1. The van der Waals surface area contributed by atoms with E-state index in [1.165, 1.54) is 23.1 Å². The molecule has 2 aromatic heterocycles. The van der Waals surface area contributed by atoms with Gasteiger partial charge in [0.05, 0.1) is 5.69 Å². The molecule has 0 bridgehead atoms. The first-order valence-electron chi connectivity index (χ1n) is 8.51. The molecule has 4 rings (SSSR count). The van der Waals surface area contributed by atoms with Crippen LogP contribution in [0, 0.1) is 10.9 Å². The van der Waals surface area contributed by atoms with Crippen molar-refractivity contribution in [2.75, 3.05) is 0 Å².